The number of carboxylic acid groups (broad SMARTS) is 1. The van der Waals surface area contributed by atoms with Crippen LogP contribution in [0.1, 0.15) is 47.1 Å². The fourth-order valence-corrected chi connectivity index (χ4v) is 2.46. The maximum absolute atomic E-state index is 12.1. The molecular formula is C18H26BNO5. The van der Waals surface area contributed by atoms with Gasteiger partial charge in [-0.1, -0.05) is 24.3 Å². The molecule has 136 valence electrons. The number of carbonyl (C=O) groups is 2. The SMILES string of the molecule is CC(C)(NC(=O)Cc1cccc(B2OC(C)(C)C(C)(C)O2)c1)C(=O)O. The van der Waals surface area contributed by atoms with Gasteiger partial charge in [0.15, 0.2) is 0 Å². The first-order chi connectivity index (χ1) is 11.3. The van der Waals surface area contributed by atoms with E-state index in [4.69, 9.17) is 14.4 Å². The lowest BCUT2D eigenvalue weighted by Gasteiger charge is -2.32. The van der Waals surface area contributed by atoms with Crippen molar-refractivity contribution in [2.45, 2.75) is 64.7 Å². The molecule has 0 unspecified atom stereocenters. The number of rotatable bonds is 5. The fourth-order valence-electron chi connectivity index (χ4n) is 2.46. The molecule has 1 aliphatic heterocycles. The van der Waals surface area contributed by atoms with E-state index in [2.05, 4.69) is 5.32 Å². The van der Waals surface area contributed by atoms with Crippen LogP contribution in [0, 0.1) is 0 Å². The highest BCUT2D eigenvalue weighted by Crippen LogP contribution is 2.36. The van der Waals surface area contributed by atoms with Crippen LogP contribution in [0.2, 0.25) is 0 Å². The minimum atomic E-state index is -1.31. The maximum atomic E-state index is 12.1. The minimum Gasteiger partial charge on any atom is -0.480 e. The molecule has 0 aliphatic carbocycles. The van der Waals surface area contributed by atoms with Crippen molar-refractivity contribution in [3.63, 3.8) is 0 Å². The number of carbonyl (C=O) groups excluding carboxylic acids is 1. The number of benzene rings is 1. The molecule has 0 saturated carbocycles. The monoisotopic (exact) mass is 347 g/mol. The summed E-state index contributed by atoms with van der Waals surface area (Å²) in [5.74, 6) is -1.43. The molecule has 0 atom stereocenters. The van der Waals surface area contributed by atoms with Crippen molar-refractivity contribution in [3.8, 4) is 0 Å². The number of aliphatic carboxylic acids is 1. The Hall–Kier alpha value is -1.86. The number of nitrogens with one attached hydrogen (secondary N) is 1. The van der Waals surface area contributed by atoms with E-state index in [9.17, 15) is 9.59 Å². The summed E-state index contributed by atoms with van der Waals surface area (Å²) < 4.78 is 12.0. The zero-order valence-corrected chi connectivity index (χ0v) is 15.7. The molecule has 2 N–H and O–H groups in total. The first-order valence-electron chi connectivity index (χ1n) is 8.33. The average Bonchev–Trinajstić information content (AvgIpc) is 2.67. The Balaban J connectivity index is 2.10. The topological polar surface area (TPSA) is 84.9 Å². The van der Waals surface area contributed by atoms with Crippen LogP contribution in [0.4, 0.5) is 0 Å². The highest BCUT2D eigenvalue weighted by atomic mass is 16.7. The van der Waals surface area contributed by atoms with E-state index >= 15 is 0 Å². The highest BCUT2D eigenvalue weighted by Gasteiger charge is 2.51. The van der Waals surface area contributed by atoms with Gasteiger partial charge in [0.2, 0.25) is 5.91 Å². The first-order valence-corrected chi connectivity index (χ1v) is 8.33. The molecule has 0 aromatic heterocycles. The lowest BCUT2D eigenvalue weighted by atomic mass is 9.78. The van der Waals surface area contributed by atoms with Crippen molar-refractivity contribution in [2.24, 2.45) is 0 Å². The summed E-state index contributed by atoms with van der Waals surface area (Å²) in [4.78, 5) is 23.2. The molecule has 1 aliphatic rings. The van der Waals surface area contributed by atoms with Gasteiger partial charge in [-0.15, -0.1) is 0 Å². The Labute approximate surface area is 149 Å². The summed E-state index contributed by atoms with van der Waals surface area (Å²) in [6.45, 7) is 10.8. The number of hydrogen-bond acceptors (Lipinski definition) is 4. The Morgan fingerprint density at radius 1 is 1.16 bits per heavy atom. The minimum absolute atomic E-state index is 0.0874. The first kappa shape index (κ1) is 19.5. The largest absolute Gasteiger partial charge is 0.494 e. The van der Waals surface area contributed by atoms with Gasteiger partial charge in [-0.05, 0) is 52.6 Å². The Bertz CT molecular complexity index is 668. The van der Waals surface area contributed by atoms with Crippen LogP contribution in [0.25, 0.3) is 0 Å². The van der Waals surface area contributed by atoms with E-state index in [0.717, 1.165) is 11.0 Å². The second kappa shape index (κ2) is 6.46. The van der Waals surface area contributed by atoms with Crippen LogP contribution in [0.15, 0.2) is 24.3 Å². The van der Waals surface area contributed by atoms with E-state index in [0.29, 0.717) is 0 Å². The number of carboxylic acids is 1. The smallest absolute Gasteiger partial charge is 0.480 e. The van der Waals surface area contributed by atoms with Gasteiger partial charge >= 0.3 is 13.1 Å². The van der Waals surface area contributed by atoms with Crippen molar-refractivity contribution >= 4 is 24.5 Å². The van der Waals surface area contributed by atoms with Crippen LogP contribution in [0.5, 0.6) is 0 Å². The predicted molar refractivity (Wildman–Crippen MR) is 95.7 cm³/mol. The molecule has 1 saturated heterocycles. The zero-order chi connectivity index (χ0) is 19.0. The number of hydrogen-bond donors (Lipinski definition) is 2. The van der Waals surface area contributed by atoms with Crippen molar-refractivity contribution in [3.05, 3.63) is 29.8 Å². The van der Waals surface area contributed by atoms with Gasteiger partial charge in [0, 0.05) is 0 Å². The Kier molecular flexibility index (Phi) is 5.03. The van der Waals surface area contributed by atoms with Crippen molar-refractivity contribution in [2.75, 3.05) is 0 Å². The second-order valence-electron chi connectivity index (χ2n) is 7.99. The molecule has 1 heterocycles. The third-order valence-corrected chi connectivity index (χ3v) is 4.83. The molecule has 7 heteroatoms. The van der Waals surface area contributed by atoms with Crippen molar-refractivity contribution in [1.29, 1.82) is 0 Å². The fraction of sp³-hybridized carbons (Fsp3) is 0.556. The van der Waals surface area contributed by atoms with Crippen molar-refractivity contribution < 1.29 is 24.0 Å². The molecule has 1 aromatic rings. The molecule has 1 amide bonds. The maximum Gasteiger partial charge on any atom is 0.494 e. The molecule has 0 bridgehead atoms. The second-order valence-corrected chi connectivity index (χ2v) is 7.99. The van der Waals surface area contributed by atoms with E-state index < -0.39 is 29.8 Å². The van der Waals surface area contributed by atoms with Gasteiger partial charge < -0.3 is 19.7 Å². The van der Waals surface area contributed by atoms with E-state index in [-0.39, 0.29) is 12.3 Å². The Morgan fingerprint density at radius 2 is 1.72 bits per heavy atom. The molecule has 1 aromatic carbocycles. The summed E-state index contributed by atoms with van der Waals surface area (Å²) in [5.41, 5.74) is -0.569. The lowest BCUT2D eigenvalue weighted by molar-refractivity contribution is -0.145. The average molecular weight is 347 g/mol. The summed E-state index contributed by atoms with van der Waals surface area (Å²) >= 11 is 0. The molecule has 0 radical (unpaired) electrons. The lowest BCUT2D eigenvalue weighted by Crippen LogP contribution is -2.50. The van der Waals surface area contributed by atoms with Crippen LogP contribution in [-0.4, -0.2) is 40.8 Å². The van der Waals surface area contributed by atoms with Gasteiger partial charge in [0.1, 0.15) is 5.54 Å². The van der Waals surface area contributed by atoms with Gasteiger partial charge in [-0.2, -0.15) is 0 Å². The van der Waals surface area contributed by atoms with E-state index in [1.165, 1.54) is 13.8 Å². The van der Waals surface area contributed by atoms with Gasteiger partial charge in [-0.25, -0.2) is 4.79 Å². The standard InChI is InChI=1S/C18H26BNO5/c1-16(2,15(22)23)20-14(21)11-12-8-7-9-13(10-12)19-24-17(3,4)18(5,6)25-19/h7-10H,11H2,1-6H3,(H,20,21)(H,22,23). The van der Waals surface area contributed by atoms with Gasteiger partial charge in [0.25, 0.3) is 0 Å². The molecule has 0 spiro atoms. The zero-order valence-electron chi connectivity index (χ0n) is 15.7. The van der Waals surface area contributed by atoms with E-state index in [1.807, 2.05) is 52.0 Å². The summed E-state index contributed by atoms with van der Waals surface area (Å²) in [5, 5.41) is 11.6. The molecule has 2 rings (SSSR count). The van der Waals surface area contributed by atoms with Crippen LogP contribution >= 0.6 is 0 Å². The third kappa shape index (κ3) is 4.22. The molecule has 6 nitrogen and oxygen atoms in total. The molecule has 25 heavy (non-hydrogen) atoms. The normalized spacial score (nSPS) is 18.9. The number of amides is 1. The predicted octanol–water partition coefficient (Wildman–Crippen LogP) is 1.51. The van der Waals surface area contributed by atoms with Crippen LogP contribution in [-0.2, 0) is 25.3 Å². The summed E-state index contributed by atoms with van der Waals surface area (Å²) in [6.07, 6.45) is 0.0874. The highest BCUT2D eigenvalue weighted by molar-refractivity contribution is 6.62. The third-order valence-electron chi connectivity index (χ3n) is 4.83. The van der Waals surface area contributed by atoms with Crippen molar-refractivity contribution in [1.82, 2.24) is 5.32 Å². The Morgan fingerprint density at radius 3 is 2.24 bits per heavy atom. The summed E-state index contributed by atoms with van der Waals surface area (Å²) in [6, 6.07) is 7.41. The molecular weight excluding hydrogens is 321 g/mol. The van der Waals surface area contributed by atoms with Gasteiger partial charge in [0.05, 0.1) is 17.6 Å². The van der Waals surface area contributed by atoms with Crippen LogP contribution in [0.3, 0.4) is 0 Å². The van der Waals surface area contributed by atoms with Gasteiger partial charge in [-0.3, -0.25) is 4.79 Å². The molecule has 1 fully saturated rings. The van der Waals surface area contributed by atoms with E-state index in [1.54, 1.807) is 0 Å². The summed E-state index contributed by atoms with van der Waals surface area (Å²) in [7, 11) is -0.497. The quantitative estimate of drug-likeness (QED) is 0.789. The van der Waals surface area contributed by atoms with Crippen LogP contribution < -0.4 is 10.8 Å².